The lowest BCUT2D eigenvalue weighted by Gasteiger charge is -2.44. The Morgan fingerprint density at radius 2 is 2.05 bits per heavy atom. The van der Waals surface area contributed by atoms with Crippen LogP contribution in [0.1, 0.15) is 24.8 Å². The normalized spacial score (nSPS) is 21.6. The lowest BCUT2D eigenvalue weighted by Crippen LogP contribution is -2.43. The van der Waals surface area contributed by atoms with E-state index in [-0.39, 0.29) is 0 Å². The van der Waals surface area contributed by atoms with Crippen LogP contribution in [0, 0.1) is 0 Å². The maximum Gasteiger partial charge on any atom is 0.123 e. The van der Waals surface area contributed by atoms with Crippen LogP contribution in [-0.4, -0.2) is 36.6 Å². The number of fused-ring (bicyclic) bond motifs is 3. The van der Waals surface area contributed by atoms with E-state index in [2.05, 4.69) is 35.1 Å². The molecule has 0 aliphatic carbocycles. The quantitative estimate of drug-likeness (QED) is 0.734. The Kier molecular flexibility index (Phi) is 2.71. The van der Waals surface area contributed by atoms with Crippen molar-refractivity contribution in [1.29, 1.82) is 0 Å². The maximum atomic E-state index is 5.94. The minimum absolute atomic E-state index is 0.311. The molecule has 0 N–H and O–H groups in total. The standard InChI is InChI=1S/C17H20N2O/c1-19-8-4-17(5-9-19)6-10-20-16-11-13-3-2-7-18-15(13)12-14(16)17/h2-3,7,11-12H,4-6,8-10H2,1H3. The molecule has 0 saturated carbocycles. The maximum absolute atomic E-state index is 5.94. The summed E-state index contributed by atoms with van der Waals surface area (Å²) < 4.78 is 5.94. The van der Waals surface area contributed by atoms with Crippen LogP contribution in [0.2, 0.25) is 0 Å². The number of hydrogen-bond acceptors (Lipinski definition) is 3. The highest BCUT2D eigenvalue weighted by Gasteiger charge is 2.40. The van der Waals surface area contributed by atoms with Crippen LogP contribution in [0.4, 0.5) is 0 Å². The van der Waals surface area contributed by atoms with E-state index in [9.17, 15) is 0 Å². The molecule has 0 amide bonds. The largest absolute Gasteiger partial charge is 0.493 e. The monoisotopic (exact) mass is 268 g/mol. The Balaban J connectivity index is 1.85. The van der Waals surface area contributed by atoms with E-state index in [1.165, 1.54) is 36.9 Å². The topological polar surface area (TPSA) is 25.4 Å². The van der Waals surface area contributed by atoms with Crippen molar-refractivity contribution in [2.45, 2.75) is 24.7 Å². The number of hydrogen-bond donors (Lipinski definition) is 0. The fraction of sp³-hybridized carbons (Fsp3) is 0.471. The molecule has 2 aromatic rings. The summed E-state index contributed by atoms with van der Waals surface area (Å²) in [5.41, 5.74) is 2.80. The van der Waals surface area contributed by atoms with E-state index < -0.39 is 0 Å². The van der Waals surface area contributed by atoms with Crippen molar-refractivity contribution in [1.82, 2.24) is 9.88 Å². The molecule has 0 radical (unpaired) electrons. The fourth-order valence-electron chi connectivity index (χ4n) is 3.69. The average Bonchev–Trinajstić information content (AvgIpc) is 2.49. The van der Waals surface area contributed by atoms with Crippen molar-refractivity contribution in [3.05, 3.63) is 36.0 Å². The summed E-state index contributed by atoms with van der Waals surface area (Å²) in [5.74, 6) is 1.08. The molecule has 0 bridgehead atoms. The summed E-state index contributed by atoms with van der Waals surface area (Å²) in [7, 11) is 2.22. The van der Waals surface area contributed by atoms with Gasteiger partial charge < -0.3 is 9.64 Å². The lowest BCUT2D eigenvalue weighted by atomic mass is 9.69. The molecule has 3 nitrogen and oxygen atoms in total. The second kappa shape index (κ2) is 4.45. The van der Waals surface area contributed by atoms with Gasteiger partial charge in [0.25, 0.3) is 0 Å². The van der Waals surface area contributed by atoms with Gasteiger partial charge in [0.15, 0.2) is 0 Å². The highest BCUT2D eigenvalue weighted by atomic mass is 16.5. The van der Waals surface area contributed by atoms with Gasteiger partial charge in [-0.3, -0.25) is 4.98 Å². The number of ether oxygens (including phenoxy) is 1. The third-order valence-corrected chi connectivity index (χ3v) is 5.06. The van der Waals surface area contributed by atoms with Crippen molar-refractivity contribution in [3.8, 4) is 5.75 Å². The molecule has 4 rings (SSSR count). The Bertz CT molecular complexity index is 644. The first-order valence-electron chi connectivity index (χ1n) is 7.47. The van der Waals surface area contributed by atoms with Gasteiger partial charge in [-0.15, -0.1) is 0 Å². The number of likely N-dealkylation sites (tertiary alicyclic amines) is 1. The van der Waals surface area contributed by atoms with Crippen molar-refractivity contribution >= 4 is 10.9 Å². The summed E-state index contributed by atoms with van der Waals surface area (Å²) in [4.78, 5) is 6.95. The van der Waals surface area contributed by atoms with Gasteiger partial charge in [-0.05, 0) is 57.6 Å². The van der Waals surface area contributed by atoms with Gasteiger partial charge in [-0.1, -0.05) is 6.07 Å². The van der Waals surface area contributed by atoms with E-state index in [4.69, 9.17) is 4.74 Å². The second-order valence-electron chi connectivity index (χ2n) is 6.23. The molecule has 104 valence electrons. The van der Waals surface area contributed by atoms with E-state index in [1.54, 1.807) is 0 Å². The molecule has 1 fully saturated rings. The van der Waals surface area contributed by atoms with Crippen LogP contribution in [-0.2, 0) is 5.41 Å². The van der Waals surface area contributed by atoms with Gasteiger partial charge in [0, 0.05) is 22.6 Å². The molecule has 1 aromatic heterocycles. The van der Waals surface area contributed by atoms with Gasteiger partial charge in [-0.2, -0.15) is 0 Å². The molecule has 0 atom stereocenters. The highest BCUT2D eigenvalue weighted by Crippen LogP contribution is 2.46. The molecule has 2 aliphatic heterocycles. The Labute approximate surface area is 119 Å². The summed E-state index contributed by atoms with van der Waals surface area (Å²) in [6.45, 7) is 3.21. The Morgan fingerprint density at radius 1 is 1.20 bits per heavy atom. The van der Waals surface area contributed by atoms with Crippen molar-refractivity contribution in [2.24, 2.45) is 0 Å². The number of nitrogens with zero attached hydrogens (tertiary/aromatic N) is 2. The molecule has 1 spiro atoms. The van der Waals surface area contributed by atoms with Gasteiger partial charge in [0.05, 0.1) is 12.1 Å². The summed E-state index contributed by atoms with van der Waals surface area (Å²) in [6.07, 6.45) is 5.49. The lowest BCUT2D eigenvalue weighted by molar-refractivity contribution is 0.132. The molecule has 1 aromatic carbocycles. The molecule has 20 heavy (non-hydrogen) atoms. The molecule has 3 heterocycles. The van der Waals surface area contributed by atoms with E-state index >= 15 is 0 Å². The smallest absolute Gasteiger partial charge is 0.123 e. The zero-order chi connectivity index (χ0) is 13.6. The highest BCUT2D eigenvalue weighted by molar-refractivity contribution is 5.81. The number of benzene rings is 1. The SMILES string of the molecule is CN1CCC2(CCOc3cc4cccnc4cc32)CC1. The molecule has 3 heteroatoms. The zero-order valence-corrected chi connectivity index (χ0v) is 11.9. The van der Waals surface area contributed by atoms with E-state index in [0.29, 0.717) is 5.41 Å². The average molecular weight is 268 g/mol. The summed E-state index contributed by atoms with van der Waals surface area (Å²) in [5, 5.41) is 1.18. The van der Waals surface area contributed by atoms with Crippen LogP contribution >= 0.6 is 0 Å². The number of piperidine rings is 1. The van der Waals surface area contributed by atoms with E-state index in [0.717, 1.165) is 24.3 Å². The van der Waals surface area contributed by atoms with Crippen LogP contribution in [0.3, 0.4) is 0 Å². The van der Waals surface area contributed by atoms with Crippen molar-refractivity contribution in [3.63, 3.8) is 0 Å². The molecule has 0 unspecified atom stereocenters. The van der Waals surface area contributed by atoms with Crippen molar-refractivity contribution < 1.29 is 4.74 Å². The first kappa shape index (κ1) is 12.2. The van der Waals surface area contributed by atoms with Gasteiger partial charge in [0.2, 0.25) is 0 Å². The Morgan fingerprint density at radius 3 is 2.90 bits per heavy atom. The third kappa shape index (κ3) is 1.80. The van der Waals surface area contributed by atoms with Crippen LogP contribution < -0.4 is 4.74 Å². The van der Waals surface area contributed by atoms with E-state index in [1.807, 2.05) is 12.3 Å². The molecule has 1 saturated heterocycles. The first-order valence-corrected chi connectivity index (χ1v) is 7.47. The third-order valence-electron chi connectivity index (χ3n) is 5.06. The van der Waals surface area contributed by atoms with Gasteiger partial charge >= 0.3 is 0 Å². The minimum Gasteiger partial charge on any atom is -0.493 e. The summed E-state index contributed by atoms with van der Waals surface area (Å²) in [6, 6.07) is 8.55. The zero-order valence-electron chi connectivity index (χ0n) is 11.9. The van der Waals surface area contributed by atoms with Crippen LogP contribution in [0.15, 0.2) is 30.5 Å². The molecular weight excluding hydrogens is 248 g/mol. The predicted molar refractivity (Wildman–Crippen MR) is 80.3 cm³/mol. The van der Waals surface area contributed by atoms with Gasteiger partial charge in [0.1, 0.15) is 5.75 Å². The van der Waals surface area contributed by atoms with Gasteiger partial charge in [-0.25, -0.2) is 0 Å². The first-order chi connectivity index (χ1) is 9.77. The van der Waals surface area contributed by atoms with Crippen LogP contribution in [0.5, 0.6) is 5.75 Å². The number of aromatic nitrogens is 1. The second-order valence-corrected chi connectivity index (χ2v) is 6.23. The summed E-state index contributed by atoms with van der Waals surface area (Å²) >= 11 is 0. The fourth-order valence-corrected chi connectivity index (χ4v) is 3.69. The Hall–Kier alpha value is -1.61. The molecule has 2 aliphatic rings. The van der Waals surface area contributed by atoms with Crippen LogP contribution in [0.25, 0.3) is 10.9 Å². The molecular formula is C17H20N2O. The minimum atomic E-state index is 0.311. The number of pyridine rings is 1. The number of rotatable bonds is 0. The van der Waals surface area contributed by atoms with Crippen molar-refractivity contribution in [2.75, 3.05) is 26.7 Å². The predicted octanol–water partition coefficient (Wildman–Crippen LogP) is 2.98.